The molecule has 2 fully saturated rings. The molecule has 0 aromatic carbocycles. The van der Waals surface area contributed by atoms with Crippen LogP contribution in [-0.2, 0) is 14.3 Å². The molecule has 0 radical (unpaired) electrons. The van der Waals surface area contributed by atoms with Crippen molar-refractivity contribution in [3.8, 4) is 0 Å². The lowest BCUT2D eigenvalue weighted by Crippen LogP contribution is -2.51. The molecule has 2 aliphatic rings. The van der Waals surface area contributed by atoms with Gasteiger partial charge in [0.1, 0.15) is 0 Å². The minimum atomic E-state index is -0.840. The van der Waals surface area contributed by atoms with E-state index in [1.54, 1.807) is 0 Å². The van der Waals surface area contributed by atoms with Crippen molar-refractivity contribution in [3.63, 3.8) is 0 Å². The first-order valence-electron chi connectivity index (χ1n) is 6.46. The zero-order valence-electron chi connectivity index (χ0n) is 10.7. The summed E-state index contributed by atoms with van der Waals surface area (Å²) in [5.41, 5.74) is 0. The van der Waals surface area contributed by atoms with Crippen LogP contribution < -0.4 is 0 Å². The number of likely N-dealkylation sites (N-methyl/N-ethyl adjacent to an activating group) is 1. The van der Waals surface area contributed by atoms with Gasteiger partial charge in [0, 0.05) is 19.1 Å². The highest BCUT2D eigenvalue weighted by Crippen LogP contribution is 2.20. The van der Waals surface area contributed by atoms with Crippen LogP contribution in [0.5, 0.6) is 0 Å². The lowest BCUT2D eigenvalue weighted by Gasteiger charge is -2.35. The van der Waals surface area contributed by atoms with Crippen LogP contribution >= 0.6 is 0 Å². The first-order valence-corrected chi connectivity index (χ1v) is 6.46. The predicted molar refractivity (Wildman–Crippen MR) is 64.2 cm³/mol. The van der Waals surface area contributed by atoms with Crippen molar-refractivity contribution in [2.75, 3.05) is 39.4 Å². The monoisotopic (exact) mass is 256 g/mol. The van der Waals surface area contributed by atoms with Crippen LogP contribution in [0.1, 0.15) is 13.3 Å². The summed E-state index contributed by atoms with van der Waals surface area (Å²) in [6.07, 6.45) is 1.07. The van der Waals surface area contributed by atoms with E-state index in [4.69, 9.17) is 9.84 Å². The van der Waals surface area contributed by atoms with E-state index in [1.807, 2.05) is 16.7 Å². The van der Waals surface area contributed by atoms with Gasteiger partial charge in [0.05, 0.1) is 25.7 Å². The Morgan fingerprint density at radius 2 is 2.11 bits per heavy atom. The Balaban J connectivity index is 1.94. The Bertz CT molecular complexity index is 330. The lowest BCUT2D eigenvalue weighted by molar-refractivity contribution is -0.145. The summed E-state index contributed by atoms with van der Waals surface area (Å²) >= 11 is 0. The van der Waals surface area contributed by atoms with Gasteiger partial charge in [0.15, 0.2) is 0 Å². The number of rotatable bonds is 5. The molecule has 0 aromatic rings. The van der Waals surface area contributed by atoms with Gasteiger partial charge in [-0.2, -0.15) is 0 Å². The van der Waals surface area contributed by atoms with Crippen molar-refractivity contribution in [1.29, 1.82) is 0 Å². The van der Waals surface area contributed by atoms with Crippen molar-refractivity contribution < 1.29 is 19.4 Å². The molecule has 6 heteroatoms. The topological polar surface area (TPSA) is 70.1 Å². The molecule has 2 atom stereocenters. The summed E-state index contributed by atoms with van der Waals surface area (Å²) in [6.45, 7) is 5.22. The normalized spacial score (nSPS) is 27.3. The lowest BCUT2D eigenvalue weighted by atomic mass is 10.0. The second-order valence-electron chi connectivity index (χ2n) is 4.85. The molecule has 2 heterocycles. The highest BCUT2D eigenvalue weighted by atomic mass is 16.5. The Kier molecular flexibility index (Phi) is 4.19. The molecule has 0 aromatic heterocycles. The van der Waals surface area contributed by atoms with Crippen LogP contribution in [0.15, 0.2) is 0 Å². The maximum atomic E-state index is 11.9. The van der Waals surface area contributed by atoms with Crippen molar-refractivity contribution in [1.82, 2.24) is 9.80 Å². The van der Waals surface area contributed by atoms with Crippen LogP contribution in [0, 0.1) is 5.92 Å². The average molecular weight is 256 g/mol. The molecule has 2 aliphatic heterocycles. The SMILES string of the molecule is CCN(CC(=O)N1CCC1)C1COCC1C(=O)O. The van der Waals surface area contributed by atoms with Crippen LogP contribution in [0.2, 0.25) is 0 Å². The molecular weight excluding hydrogens is 236 g/mol. The number of carbonyl (C=O) groups is 2. The number of ether oxygens (including phenoxy) is 1. The minimum absolute atomic E-state index is 0.0964. The molecule has 102 valence electrons. The third-order valence-corrected chi connectivity index (χ3v) is 3.79. The Morgan fingerprint density at radius 1 is 1.39 bits per heavy atom. The van der Waals surface area contributed by atoms with Gasteiger partial charge in [0.2, 0.25) is 5.91 Å². The molecule has 1 N–H and O–H groups in total. The predicted octanol–water partition coefficient (Wildman–Crippen LogP) is -0.360. The van der Waals surface area contributed by atoms with Crippen LogP contribution in [0.4, 0.5) is 0 Å². The molecule has 1 amide bonds. The zero-order chi connectivity index (χ0) is 13.1. The number of hydrogen-bond donors (Lipinski definition) is 1. The van der Waals surface area contributed by atoms with E-state index < -0.39 is 11.9 Å². The molecule has 18 heavy (non-hydrogen) atoms. The van der Waals surface area contributed by atoms with E-state index in [9.17, 15) is 9.59 Å². The summed E-state index contributed by atoms with van der Waals surface area (Å²) in [7, 11) is 0. The number of aliphatic carboxylic acids is 1. The highest BCUT2D eigenvalue weighted by molar-refractivity contribution is 5.79. The first kappa shape index (κ1) is 13.3. The Labute approximate surface area is 106 Å². The molecule has 2 saturated heterocycles. The quantitative estimate of drug-likeness (QED) is 0.727. The van der Waals surface area contributed by atoms with E-state index in [0.717, 1.165) is 19.5 Å². The Hall–Kier alpha value is -1.14. The van der Waals surface area contributed by atoms with Gasteiger partial charge >= 0.3 is 5.97 Å². The molecule has 0 saturated carbocycles. The van der Waals surface area contributed by atoms with Crippen LogP contribution in [-0.4, -0.2) is 72.2 Å². The largest absolute Gasteiger partial charge is 0.481 e. The fraction of sp³-hybridized carbons (Fsp3) is 0.833. The minimum Gasteiger partial charge on any atom is -0.481 e. The molecule has 2 unspecified atom stereocenters. The number of likely N-dealkylation sites (tertiary alicyclic amines) is 1. The van der Waals surface area contributed by atoms with Crippen molar-refractivity contribution >= 4 is 11.9 Å². The second-order valence-corrected chi connectivity index (χ2v) is 4.85. The maximum absolute atomic E-state index is 11.9. The van der Waals surface area contributed by atoms with Gasteiger partial charge in [-0.1, -0.05) is 6.92 Å². The number of carboxylic acid groups (broad SMARTS) is 1. The van der Waals surface area contributed by atoms with E-state index in [0.29, 0.717) is 19.7 Å². The summed E-state index contributed by atoms with van der Waals surface area (Å²) in [6, 6.07) is -0.183. The number of hydrogen-bond acceptors (Lipinski definition) is 4. The summed E-state index contributed by atoms with van der Waals surface area (Å²) in [4.78, 5) is 26.8. The van der Waals surface area contributed by atoms with E-state index in [-0.39, 0.29) is 18.6 Å². The van der Waals surface area contributed by atoms with Gasteiger partial charge in [-0.3, -0.25) is 14.5 Å². The third kappa shape index (κ3) is 2.64. The van der Waals surface area contributed by atoms with Crippen molar-refractivity contribution in [2.45, 2.75) is 19.4 Å². The van der Waals surface area contributed by atoms with Gasteiger partial charge in [-0.05, 0) is 13.0 Å². The molecule has 0 aliphatic carbocycles. The van der Waals surface area contributed by atoms with Gasteiger partial charge in [-0.15, -0.1) is 0 Å². The molecule has 0 bridgehead atoms. The van der Waals surface area contributed by atoms with E-state index in [1.165, 1.54) is 0 Å². The van der Waals surface area contributed by atoms with E-state index >= 15 is 0 Å². The fourth-order valence-corrected chi connectivity index (χ4v) is 2.44. The smallest absolute Gasteiger partial charge is 0.310 e. The van der Waals surface area contributed by atoms with Crippen LogP contribution in [0.3, 0.4) is 0 Å². The number of amides is 1. The summed E-state index contributed by atoms with van der Waals surface area (Å²) in [5, 5.41) is 9.13. The molecule has 0 spiro atoms. The van der Waals surface area contributed by atoms with Gasteiger partial charge in [0.25, 0.3) is 0 Å². The second kappa shape index (κ2) is 5.67. The molecular formula is C12H20N2O4. The first-order chi connectivity index (χ1) is 8.63. The Morgan fingerprint density at radius 3 is 2.61 bits per heavy atom. The number of nitrogens with zero attached hydrogens (tertiary/aromatic N) is 2. The standard InChI is InChI=1S/C12H20N2O4/c1-2-13(6-11(15)14-4-3-5-14)10-8-18-7-9(10)12(16)17/h9-10H,2-8H2,1H3,(H,16,17). The number of carbonyl (C=O) groups excluding carboxylic acids is 1. The molecule has 6 nitrogen and oxygen atoms in total. The third-order valence-electron chi connectivity index (χ3n) is 3.79. The van der Waals surface area contributed by atoms with E-state index in [2.05, 4.69) is 0 Å². The van der Waals surface area contributed by atoms with Crippen LogP contribution in [0.25, 0.3) is 0 Å². The van der Waals surface area contributed by atoms with Gasteiger partial charge < -0.3 is 14.7 Å². The van der Waals surface area contributed by atoms with Crippen molar-refractivity contribution in [3.05, 3.63) is 0 Å². The highest BCUT2D eigenvalue weighted by Gasteiger charge is 2.38. The summed E-state index contributed by atoms with van der Waals surface area (Å²) in [5.74, 6) is -1.26. The zero-order valence-corrected chi connectivity index (χ0v) is 10.7. The van der Waals surface area contributed by atoms with Gasteiger partial charge in [-0.25, -0.2) is 0 Å². The average Bonchev–Trinajstić information content (AvgIpc) is 2.72. The number of carboxylic acids is 1. The molecule has 2 rings (SSSR count). The summed E-state index contributed by atoms with van der Waals surface area (Å²) < 4.78 is 5.25. The maximum Gasteiger partial charge on any atom is 0.310 e. The fourth-order valence-electron chi connectivity index (χ4n) is 2.44. The van der Waals surface area contributed by atoms with Crippen molar-refractivity contribution in [2.24, 2.45) is 5.92 Å².